The molecule has 0 bridgehead atoms. The van der Waals surface area contributed by atoms with Crippen LogP contribution in [0.3, 0.4) is 0 Å². The van der Waals surface area contributed by atoms with Crippen molar-refractivity contribution in [2.75, 3.05) is 31.6 Å². The number of rotatable bonds is 10. The monoisotopic (exact) mass is 323 g/mol. The van der Waals surface area contributed by atoms with Crippen LogP contribution in [0.4, 0.5) is 0 Å². The Morgan fingerprint density at radius 2 is 1.80 bits per heavy atom. The van der Waals surface area contributed by atoms with E-state index in [-0.39, 0.29) is 24.5 Å². The van der Waals surface area contributed by atoms with Crippen molar-refractivity contribution >= 4 is 20.0 Å². The predicted octanol–water partition coefficient (Wildman–Crippen LogP) is -0.119. The Bertz CT molecular complexity index is 547. The molecule has 116 valence electrons. The van der Waals surface area contributed by atoms with Crippen LogP contribution in [0.1, 0.15) is 25.7 Å². The number of nitrogens with zero attached hydrogens (tertiary/aromatic N) is 2. The van der Waals surface area contributed by atoms with E-state index in [9.17, 15) is 16.8 Å². The van der Waals surface area contributed by atoms with Gasteiger partial charge in [0.05, 0.1) is 17.6 Å². The molecule has 0 heterocycles. The minimum atomic E-state index is -3.46. The second-order valence-electron chi connectivity index (χ2n) is 5.05. The maximum absolute atomic E-state index is 11.7. The van der Waals surface area contributed by atoms with Gasteiger partial charge in [-0.25, -0.2) is 21.6 Å². The molecule has 1 rings (SSSR count). The normalized spacial score (nSPS) is 16.2. The topological polar surface area (TPSA) is 107 Å². The van der Waals surface area contributed by atoms with E-state index < -0.39 is 20.0 Å². The Balaban J connectivity index is 2.24. The first kappa shape index (κ1) is 17.4. The minimum absolute atomic E-state index is 0.0583. The summed E-state index contributed by atoms with van der Waals surface area (Å²) in [5, 5.41) is 8.44. The summed E-state index contributed by atoms with van der Waals surface area (Å²) in [5.74, 6) is 0.283. The van der Waals surface area contributed by atoms with Crippen molar-refractivity contribution in [1.29, 1.82) is 5.26 Å². The highest BCUT2D eigenvalue weighted by molar-refractivity contribution is 7.89. The Morgan fingerprint density at radius 3 is 2.35 bits per heavy atom. The van der Waals surface area contributed by atoms with Crippen molar-refractivity contribution in [2.24, 2.45) is 5.92 Å². The van der Waals surface area contributed by atoms with Gasteiger partial charge in [-0.05, 0) is 31.6 Å². The molecule has 1 saturated carbocycles. The third-order valence-electron chi connectivity index (χ3n) is 3.12. The van der Waals surface area contributed by atoms with Crippen molar-refractivity contribution < 1.29 is 16.8 Å². The van der Waals surface area contributed by atoms with Crippen molar-refractivity contribution in [1.82, 2.24) is 9.03 Å². The lowest BCUT2D eigenvalue weighted by Crippen LogP contribution is -2.30. The molecule has 0 atom stereocenters. The van der Waals surface area contributed by atoms with Gasteiger partial charge in [0.1, 0.15) is 6.54 Å². The molecule has 0 amide bonds. The Hall–Kier alpha value is -0.690. The van der Waals surface area contributed by atoms with Gasteiger partial charge in [0.2, 0.25) is 20.0 Å². The molecule has 0 aromatic heterocycles. The number of hydrogen-bond donors (Lipinski definition) is 1. The predicted molar refractivity (Wildman–Crippen MR) is 75.8 cm³/mol. The average Bonchev–Trinajstić information content (AvgIpc) is 3.17. The summed E-state index contributed by atoms with van der Waals surface area (Å²) in [4.78, 5) is 0. The van der Waals surface area contributed by atoms with Crippen LogP contribution in [-0.2, 0) is 20.0 Å². The highest BCUT2D eigenvalue weighted by atomic mass is 32.2. The van der Waals surface area contributed by atoms with E-state index in [1.807, 2.05) is 0 Å². The van der Waals surface area contributed by atoms with Crippen molar-refractivity contribution in [3.05, 3.63) is 0 Å². The SMILES string of the molecule is CN(CC#N)S(=O)(=O)CCCCS(=O)(=O)NCC1CC1. The summed E-state index contributed by atoms with van der Waals surface area (Å²) in [5.41, 5.74) is 0. The van der Waals surface area contributed by atoms with Crippen LogP contribution in [0, 0.1) is 17.2 Å². The molecule has 1 aliphatic carbocycles. The van der Waals surface area contributed by atoms with Crippen LogP contribution in [0.15, 0.2) is 0 Å². The summed E-state index contributed by atoms with van der Waals surface area (Å²) in [6.45, 7) is 0.301. The fraction of sp³-hybridized carbons (Fsp3) is 0.909. The summed E-state index contributed by atoms with van der Waals surface area (Å²) >= 11 is 0. The molecule has 20 heavy (non-hydrogen) atoms. The first-order valence-corrected chi connectivity index (χ1v) is 9.81. The summed E-state index contributed by atoms with van der Waals surface area (Å²) in [7, 11) is -5.42. The quantitative estimate of drug-likeness (QED) is 0.445. The van der Waals surface area contributed by atoms with Gasteiger partial charge in [0.25, 0.3) is 0 Å². The molecular weight excluding hydrogens is 302 g/mol. The molecule has 0 unspecified atom stereocenters. The lowest BCUT2D eigenvalue weighted by Gasteiger charge is -2.13. The fourth-order valence-corrected chi connectivity index (χ4v) is 3.92. The average molecular weight is 323 g/mol. The summed E-state index contributed by atoms with van der Waals surface area (Å²) < 4.78 is 50.1. The van der Waals surface area contributed by atoms with Gasteiger partial charge < -0.3 is 0 Å². The lowest BCUT2D eigenvalue weighted by molar-refractivity contribution is 0.499. The highest BCUT2D eigenvalue weighted by Crippen LogP contribution is 2.27. The molecule has 0 saturated heterocycles. The number of unbranched alkanes of at least 4 members (excludes halogenated alkanes) is 1. The van der Waals surface area contributed by atoms with Crippen LogP contribution < -0.4 is 4.72 Å². The number of sulfonamides is 2. The maximum atomic E-state index is 11.7. The van der Waals surface area contributed by atoms with E-state index in [0.717, 1.165) is 17.1 Å². The maximum Gasteiger partial charge on any atom is 0.214 e. The number of nitriles is 1. The van der Waals surface area contributed by atoms with E-state index in [1.165, 1.54) is 7.05 Å². The van der Waals surface area contributed by atoms with Gasteiger partial charge in [-0.2, -0.15) is 9.57 Å². The first-order chi connectivity index (χ1) is 9.27. The van der Waals surface area contributed by atoms with Crippen molar-refractivity contribution in [3.8, 4) is 6.07 Å². The summed E-state index contributed by atoms with van der Waals surface area (Å²) in [6.07, 6.45) is 2.71. The third-order valence-corrected chi connectivity index (χ3v) is 6.44. The second-order valence-corrected chi connectivity index (χ2v) is 9.17. The standard InChI is InChI=1S/C11H21N3O4S2/c1-14(7-6-12)20(17,18)9-3-2-8-19(15,16)13-10-11-4-5-11/h11,13H,2-5,7-10H2,1H3. The Kier molecular flexibility index (Phi) is 6.39. The highest BCUT2D eigenvalue weighted by Gasteiger charge is 2.23. The molecule has 0 aromatic carbocycles. The molecule has 0 spiro atoms. The van der Waals surface area contributed by atoms with E-state index in [4.69, 9.17) is 5.26 Å². The largest absolute Gasteiger partial charge is 0.215 e. The molecule has 1 aliphatic rings. The van der Waals surface area contributed by atoms with Gasteiger partial charge in [-0.1, -0.05) is 0 Å². The minimum Gasteiger partial charge on any atom is -0.215 e. The molecule has 0 aliphatic heterocycles. The van der Waals surface area contributed by atoms with Gasteiger partial charge in [-0.3, -0.25) is 0 Å². The smallest absolute Gasteiger partial charge is 0.214 e. The van der Waals surface area contributed by atoms with Crippen LogP contribution in [0.5, 0.6) is 0 Å². The first-order valence-electron chi connectivity index (χ1n) is 6.55. The van der Waals surface area contributed by atoms with Crippen LogP contribution in [-0.4, -0.2) is 52.8 Å². The van der Waals surface area contributed by atoms with Crippen molar-refractivity contribution in [2.45, 2.75) is 25.7 Å². The molecular formula is C11H21N3O4S2. The molecule has 0 aromatic rings. The zero-order valence-electron chi connectivity index (χ0n) is 11.6. The van der Waals surface area contributed by atoms with E-state index >= 15 is 0 Å². The molecule has 1 fully saturated rings. The fourth-order valence-electron chi connectivity index (χ4n) is 1.57. The van der Waals surface area contributed by atoms with Gasteiger partial charge in [0, 0.05) is 13.6 Å². The Labute approximate surface area is 121 Å². The third kappa shape index (κ3) is 6.65. The Morgan fingerprint density at radius 1 is 1.20 bits per heavy atom. The molecule has 0 radical (unpaired) electrons. The zero-order chi connectivity index (χ0) is 15.2. The van der Waals surface area contributed by atoms with Crippen LogP contribution in [0.25, 0.3) is 0 Å². The van der Waals surface area contributed by atoms with Crippen LogP contribution in [0.2, 0.25) is 0 Å². The van der Waals surface area contributed by atoms with E-state index in [0.29, 0.717) is 18.9 Å². The molecule has 7 nitrogen and oxygen atoms in total. The summed E-state index contributed by atoms with van der Waals surface area (Å²) in [6, 6.07) is 1.76. The van der Waals surface area contributed by atoms with Gasteiger partial charge >= 0.3 is 0 Å². The molecule has 9 heteroatoms. The second kappa shape index (κ2) is 7.36. The van der Waals surface area contributed by atoms with Crippen molar-refractivity contribution in [3.63, 3.8) is 0 Å². The van der Waals surface area contributed by atoms with Crippen LogP contribution >= 0.6 is 0 Å². The zero-order valence-corrected chi connectivity index (χ0v) is 13.2. The van der Waals surface area contributed by atoms with Gasteiger partial charge in [0.15, 0.2) is 0 Å². The van der Waals surface area contributed by atoms with Gasteiger partial charge in [-0.15, -0.1) is 0 Å². The lowest BCUT2D eigenvalue weighted by atomic mass is 10.4. The number of nitrogens with one attached hydrogen (secondary N) is 1. The van der Waals surface area contributed by atoms with E-state index in [2.05, 4.69) is 4.72 Å². The molecule has 1 N–H and O–H groups in total. The van der Waals surface area contributed by atoms with E-state index in [1.54, 1.807) is 6.07 Å². The number of hydrogen-bond acceptors (Lipinski definition) is 5.